The largest absolute Gasteiger partial charge is 0.307 e. The maximum Gasteiger partial charge on any atom is 0.0684 e. The Kier molecular flexibility index (Phi) is 5.55. The van der Waals surface area contributed by atoms with Gasteiger partial charge >= 0.3 is 0 Å². The molecule has 2 aromatic rings. The van der Waals surface area contributed by atoms with Gasteiger partial charge in [0.25, 0.3) is 0 Å². The Labute approximate surface area is 130 Å². The number of nitrogens with one attached hydrogen (secondary N) is 1. The zero-order valence-corrected chi connectivity index (χ0v) is 14.0. The van der Waals surface area contributed by atoms with Crippen molar-refractivity contribution in [3.05, 3.63) is 62.3 Å². The summed E-state index contributed by atoms with van der Waals surface area (Å²) in [5, 5.41) is 3.45. The van der Waals surface area contributed by atoms with Gasteiger partial charge in [0.15, 0.2) is 0 Å². The van der Waals surface area contributed by atoms with Crippen LogP contribution in [0.5, 0.6) is 0 Å². The minimum absolute atomic E-state index is 0.756. The highest BCUT2D eigenvalue weighted by molar-refractivity contribution is 9.11. The van der Waals surface area contributed by atoms with Crippen molar-refractivity contribution in [3.63, 3.8) is 0 Å². The summed E-state index contributed by atoms with van der Waals surface area (Å²) in [5.74, 6) is 0. The Bertz CT molecular complexity index is 556. The lowest BCUT2D eigenvalue weighted by atomic mass is 10.1. The van der Waals surface area contributed by atoms with E-state index in [4.69, 9.17) is 0 Å². The SMILES string of the molecule is CCc1ccccc1CNCc1ncc(Br)cc1Br. The molecule has 0 aliphatic heterocycles. The first-order chi connectivity index (χ1) is 9.20. The monoisotopic (exact) mass is 382 g/mol. The average Bonchev–Trinajstić information content (AvgIpc) is 2.42. The smallest absolute Gasteiger partial charge is 0.0684 e. The van der Waals surface area contributed by atoms with Crippen LogP contribution in [0.15, 0.2) is 45.5 Å². The number of rotatable bonds is 5. The van der Waals surface area contributed by atoms with Crippen molar-refractivity contribution in [2.24, 2.45) is 0 Å². The summed E-state index contributed by atoms with van der Waals surface area (Å²) in [6.07, 6.45) is 2.89. The predicted molar refractivity (Wildman–Crippen MR) is 86.0 cm³/mol. The van der Waals surface area contributed by atoms with Crippen molar-refractivity contribution < 1.29 is 0 Å². The van der Waals surface area contributed by atoms with Gasteiger partial charge in [-0.1, -0.05) is 31.2 Å². The quantitative estimate of drug-likeness (QED) is 0.824. The van der Waals surface area contributed by atoms with Gasteiger partial charge in [-0.2, -0.15) is 0 Å². The van der Waals surface area contributed by atoms with Gasteiger partial charge in [-0.15, -0.1) is 0 Å². The first-order valence-corrected chi connectivity index (χ1v) is 7.86. The molecule has 0 radical (unpaired) electrons. The molecule has 0 aliphatic rings. The molecule has 0 amide bonds. The van der Waals surface area contributed by atoms with Crippen LogP contribution >= 0.6 is 31.9 Å². The van der Waals surface area contributed by atoms with E-state index in [1.54, 1.807) is 0 Å². The van der Waals surface area contributed by atoms with Crippen molar-refractivity contribution in [1.29, 1.82) is 0 Å². The van der Waals surface area contributed by atoms with Crippen LogP contribution < -0.4 is 5.32 Å². The highest BCUT2D eigenvalue weighted by Crippen LogP contribution is 2.19. The minimum Gasteiger partial charge on any atom is -0.307 e. The van der Waals surface area contributed by atoms with Crippen molar-refractivity contribution in [3.8, 4) is 0 Å². The molecule has 0 bridgehead atoms. The fourth-order valence-corrected chi connectivity index (χ4v) is 3.09. The Morgan fingerprint density at radius 2 is 1.84 bits per heavy atom. The van der Waals surface area contributed by atoms with Crippen LogP contribution in [0.25, 0.3) is 0 Å². The molecule has 0 saturated carbocycles. The van der Waals surface area contributed by atoms with Crippen LogP contribution in [0, 0.1) is 0 Å². The first kappa shape index (κ1) is 14.7. The summed E-state index contributed by atoms with van der Waals surface area (Å²) in [6, 6.07) is 10.6. The maximum absolute atomic E-state index is 4.40. The summed E-state index contributed by atoms with van der Waals surface area (Å²) in [4.78, 5) is 4.40. The molecule has 19 heavy (non-hydrogen) atoms. The fourth-order valence-electron chi connectivity index (χ4n) is 1.96. The Hall–Kier alpha value is -0.710. The molecule has 0 aliphatic carbocycles. The molecule has 100 valence electrons. The second-order valence-corrected chi connectivity index (χ2v) is 6.08. The number of hydrogen-bond donors (Lipinski definition) is 1. The Morgan fingerprint density at radius 1 is 1.11 bits per heavy atom. The topological polar surface area (TPSA) is 24.9 Å². The maximum atomic E-state index is 4.40. The van der Waals surface area contributed by atoms with E-state index in [0.29, 0.717) is 0 Å². The van der Waals surface area contributed by atoms with Crippen LogP contribution in [0.1, 0.15) is 23.7 Å². The van der Waals surface area contributed by atoms with E-state index < -0.39 is 0 Å². The summed E-state index contributed by atoms with van der Waals surface area (Å²) in [7, 11) is 0. The molecule has 2 nitrogen and oxygen atoms in total. The minimum atomic E-state index is 0.756. The van der Waals surface area contributed by atoms with Gasteiger partial charge in [-0.25, -0.2) is 0 Å². The van der Waals surface area contributed by atoms with Crippen molar-refractivity contribution >= 4 is 31.9 Å². The molecular weight excluding hydrogens is 368 g/mol. The van der Waals surface area contributed by atoms with Crippen LogP contribution in [-0.2, 0) is 19.5 Å². The van der Waals surface area contributed by atoms with Gasteiger partial charge in [0.1, 0.15) is 0 Å². The van der Waals surface area contributed by atoms with Crippen molar-refractivity contribution in [1.82, 2.24) is 10.3 Å². The van der Waals surface area contributed by atoms with E-state index in [1.807, 2.05) is 12.3 Å². The van der Waals surface area contributed by atoms with E-state index in [1.165, 1.54) is 11.1 Å². The van der Waals surface area contributed by atoms with E-state index in [0.717, 1.165) is 34.1 Å². The van der Waals surface area contributed by atoms with E-state index >= 15 is 0 Å². The second-order valence-electron chi connectivity index (χ2n) is 4.31. The third-order valence-electron chi connectivity index (χ3n) is 2.99. The Morgan fingerprint density at radius 3 is 2.53 bits per heavy atom. The van der Waals surface area contributed by atoms with Gasteiger partial charge in [0.05, 0.1) is 5.69 Å². The molecule has 2 rings (SSSR count). The number of benzene rings is 1. The molecule has 0 fully saturated rings. The number of aromatic nitrogens is 1. The number of hydrogen-bond acceptors (Lipinski definition) is 2. The van der Waals surface area contributed by atoms with Gasteiger partial charge in [-0.3, -0.25) is 4.98 Å². The molecule has 0 spiro atoms. The first-order valence-electron chi connectivity index (χ1n) is 6.28. The van der Waals surface area contributed by atoms with Gasteiger partial charge in [0, 0.05) is 28.2 Å². The van der Waals surface area contributed by atoms with E-state index in [2.05, 4.69) is 73.3 Å². The standard InChI is InChI=1S/C15H16Br2N2/c1-2-11-5-3-4-6-12(11)8-18-10-15-14(17)7-13(16)9-19-15/h3-7,9,18H,2,8,10H2,1H3. The van der Waals surface area contributed by atoms with Crippen LogP contribution in [0.2, 0.25) is 0 Å². The Balaban J connectivity index is 1.96. The molecular formula is C15H16Br2N2. The molecule has 1 N–H and O–H groups in total. The second kappa shape index (κ2) is 7.17. The number of halogens is 2. The van der Waals surface area contributed by atoms with Gasteiger partial charge in [0.2, 0.25) is 0 Å². The summed E-state index contributed by atoms with van der Waals surface area (Å²) in [6.45, 7) is 3.81. The third-order valence-corrected chi connectivity index (χ3v) is 4.11. The van der Waals surface area contributed by atoms with E-state index in [-0.39, 0.29) is 0 Å². The van der Waals surface area contributed by atoms with Crippen LogP contribution in [0.3, 0.4) is 0 Å². The lowest BCUT2D eigenvalue weighted by Gasteiger charge is -2.10. The molecule has 0 atom stereocenters. The molecule has 1 aromatic heterocycles. The normalized spacial score (nSPS) is 10.7. The fraction of sp³-hybridized carbons (Fsp3) is 0.267. The van der Waals surface area contributed by atoms with Crippen molar-refractivity contribution in [2.45, 2.75) is 26.4 Å². The number of nitrogens with zero attached hydrogens (tertiary/aromatic N) is 1. The lowest BCUT2D eigenvalue weighted by Crippen LogP contribution is -2.15. The molecule has 4 heteroatoms. The zero-order valence-electron chi connectivity index (χ0n) is 10.8. The summed E-state index contributed by atoms with van der Waals surface area (Å²) < 4.78 is 2.01. The van der Waals surface area contributed by atoms with Crippen LogP contribution in [0.4, 0.5) is 0 Å². The number of aryl methyl sites for hydroxylation is 1. The highest BCUT2D eigenvalue weighted by atomic mass is 79.9. The lowest BCUT2D eigenvalue weighted by molar-refractivity contribution is 0.673. The third kappa shape index (κ3) is 4.13. The number of pyridine rings is 1. The van der Waals surface area contributed by atoms with E-state index in [9.17, 15) is 0 Å². The molecule has 0 saturated heterocycles. The summed E-state index contributed by atoms with van der Waals surface area (Å²) in [5.41, 5.74) is 3.79. The highest BCUT2D eigenvalue weighted by Gasteiger charge is 2.03. The summed E-state index contributed by atoms with van der Waals surface area (Å²) >= 11 is 6.94. The predicted octanol–water partition coefficient (Wildman–Crippen LogP) is 4.46. The van der Waals surface area contributed by atoms with Crippen LogP contribution in [-0.4, -0.2) is 4.98 Å². The molecule has 1 heterocycles. The molecule has 0 unspecified atom stereocenters. The van der Waals surface area contributed by atoms with Crippen molar-refractivity contribution in [2.75, 3.05) is 0 Å². The average molecular weight is 384 g/mol. The van der Waals surface area contributed by atoms with Gasteiger partial charge < -0.3 is 5.32 Å². The van der Waals surface area contributed by atoms with Gasteiger partial charge in [-0.05, 0) is 55.5 Å². The zero-order chi connectivity index (χ0) is 13.7. The molecule has 1 aromatic carbocycles.